The summed E-state index contributed by atoms with van der Waals surface area (Å²) in [6.45, 7) is 2.96. The molecule has 1 aromatic rings. The fraction of sp³-hybridized carbons (Fsp3) is 0.600. The molecule has 5 heteroatoms. The second-order valence-electron chi connectivity index (χ2n) is 5.87. The van der Waals surface area contributed by atoms with E-state index in [1.54, 1.807) is 12.1 Å². The van der Waals surface area contributed by atoms with Crippen LogP contribution < -0.4 is 0 Å². The fourth-order valence-corrected chi connectivity index (χ4v) is 3.17. The van der Waals surface area contributed by atoms with E-state index in [0.29, 0.717) is 17.6 Å². The monoisotopic (exact) mass is 296 g/mol. The Hall–Kier alpha value is -1.13. The van der Waals surface area contributed by atoms with Gasteiger partial charge in [-0.2, -0.15) is 0 Å². The molecule has 2 unspecified atom stereocenters. The summed E-state index contributed by atoms with van der Waals surface area (Å²) < 4.78 is 0. The first kappa shape index (κ1) is 15.3. The van der Waals surface area contributed by atoms with E-state index in [1.807, 2.05) is 0 Å². The van der Waals surface area contributed by atoms with Crippen LogP contribution >= 0.6 is 11.6 Å². The van der Waals surface area contributed by atoms with E-state index < -0.39 is 0 Å². The van der Waals surface area contributed by atoms with E-state index in [2.05, 4.69) is 18.9 Å². The zero-order valence-corrected chi connectivity index (χ0v) is 12.8. The largest absolute Gasteiger partial charge is 0.299 e. The van der Waals surface area contributed by atoms with Gasteiger partial charge in [0.05, 0.1) is 4.92 Å². The van der Waals surface area contributed by atoms with Gasteiger partial charge >= 0.3 is 0 Å². The number of benzene rings is 1. The van der Waals surface area contributed by atoms with Gasteiger partial charge in [0.15, 0.2) is 0 Å². The fourth-order valence-electron chi connectivity index (χ4n) is 3.00. The van der Waals surface area contributed by atoms with Gasteiger partial charge in [-0.05, 0) is 37.4 Å². The summed E-state index contributed by atoms with van der Waals surface area (Å²) in [5.74, 6) is 0.761. The van der Waals surface area contributed by atoms with Gasteiger partial charge in [-0.1, -0.05) is 31.4 Å². The third-order valence-corrected chi connectivity index (χ3v) is 4.56. The molecule has 1 fully saturated rings. The third kappa shape index (κ3) is 3.70. The van der Waals surface area contributed by atoms with Crippen molar-refractivity contribution in [2.45, 2.75) is 45.2 Å². The summed E-state index contributed by atoms with van der Waals surface area (Å²) in [5.41, 5.74) is 0.941. The van der Waals surface area contributed by atoms with Crippen molar-refractivity contribution in [3.63, 3.8) is 0 Å². The predicted octanol–water partition coefficient (Wildman–Crippen LogP) is 4.26. The Balaban J connectivity index is 2.08. The van der Waals surface area contributed by atoms with E-state index in [1.165, 1.54) is 31.7 Å². The van der Waals surface area contributed by atoms with Crippen LogP contribution in [0, 0.1) is 16.0 Å². The predicted molar refractivity (Wildman–Crippen MR) is 81.0 cm³/mol. The van der Waals surface area contributed by atoms with Crippen LogP contribution in [0.2, 0.25) is 5.02 Å². The van der Waals surface area contributed by atoms with Gasteiger partial charge in [0.1, 0.15) is 0 Å². The highest BCUT2D eigenvalue weighted by atomic mass is 35.5. The number of nitro benzene ring substituents is 1. The summed E-state index contributed by atoms with van der Waals surface area (Å²) in [6.07, 6.45) is 4.97. The molecule has 110 valence electrons. The first-order valence-corrected chi connectivity index (χ1v) is 7.48. The summed E-state index contributed by atoms with van der Waals surface area (Å²) in [5, 5.41) is 11.4. The zero-order chi connectivity index (χ0) is 14.7. The van der Waals surface area contributed by atoms with Gasteiger partial charge in [0.2, 0.25) is 0 Å². The van der Waals surface area contributed by atoms with E-state index in [-0.39, 0.29) is 10.6 Å². The lowest BCUT2D eigenvalue weighted by molar-refractivity contribution is -0.384. The molecule has 0 heterocycles. The van der Waals surface area contributed by atoms with Gasteiger partial charge in [0.25, 0.3) is 5.69 Å². The van der Waals surface area contributed by atoms with E-state index >= 15 is 0 Å². The van der Waals surface area contributed by atoms with Gasteiger partial charge < -0.3 is 0 Å². The molecule has 0 saturated heterocycles. The maximum atomic E-state index is 10.8. The van der Waals surface area contributed by atoms with Crippen LogP contribution in [0.5, 0.6) is 0 Å². The van der Waals surface area contributed by atoms with Crippen molar-refractivity contribution < 1.29 is 4.92 Å². The van der Waals surface area contributed by atoms with Crippen molar-refractivity contribution in [2.24, 2.45) is 5.92 Å². The Labute approximate surface area is 124 Å². The molecule has 0 spiro atoms. The molecule has 1 aliphatic carbocycles. The molecule has 4 nitrogen and oxygen atoms in total. The Kier molecular flexibility index (Phi) is 5.00. The van der Waals surface area contributed by atoms with E-state index in [0.717, 1.165) is 11.5 Å². The molecule has 1 aliphatic rings. The molecule has 1 aromatic carbocycles. The SMILES string of the molecule is CC1CCCC(N(C)Cc2cc([N+](=O)[O-])ccc2Cl)C1. The van der Waals surface area contributed by atoms with Gasteiger partial charge in [-0.15, -0.1) is 0 Å². The first-order valence-electron chi connectivity index (χ1n) is 7.10. The lowest BCUT2D eigenvalue weighted by Gasteiger charge is -2.34. The molecule has 1 saturated carbocycles. The highest BCUT2D eigenvalue weighted by Gasteiger charge is 2.23. The number of hydrogen-bond donors (Lipinski definition) is 0. The van der Waals surface area contributed by atoms with Crippen LogP contribution in [0.1, 0.15) is 38.2 Å². The highest BCUT2D eigenvalue weighted by Crippen LogP contribution is 2.29. The maximum absolute atomic E-state index is 10.8. The number of rotatable bonds is 4. The number of nitrogens with zero attached hydrogens (tertiary/aromatic N) is 2. The molecule has 2 rings (SSSR count). The van der Waals surface area contributed by atoms with Crippen molar-refractivity contribution in [2.75, 3.05) is 7.05 Å². The summed E-state index contributed by atoms with van der Waals surface area (Å²) in [6, 6.07) is 5.21. The third-order valence-electron chi connectivity index (χ3n) is 4.19. The van der Waals surface area contributed by atoms with Crippen LogP contribution in [0.3, 0.4) is 0 Å². The van der Waals surface area contributed by atoms with Crippen molar-refractivity contribution in [1.29, 1.82) is 0 Å². The van der Waals surface area contributed by atoms with Crippen LogP contribution in [-0.2, 0) is 6.54 Å². The standard InChI is InChI=1S/C15H21ClN2O2/c1-11-4-3-5-13(8-11)17(2)10-12-9-14(18(19)20)6-7-15(12)16/h6-7,9,11,13H,3-5,8,10H2,1-2H3. The lowest BCUT2D eigenvalue weighted by Crippen LogP contribution is -2.35. The molecule has 0 amide bonds. The Morgan fingerprint density at radius 1 is 1.45 bits per heavy atom. The van der Waals surface area contributed by atoms with Gasteiger partial charge in [-0.3, -0.25) is 15.0 Å². The minimum Gasteiger partial charge on any atom is -0.299 e. The average molecular weight is 297 g/mol. The van der Waals surface area contributed by atoms with Crippen molar-refractivity contribution in [3.8, 4) is 0 Å². The highest BCUT2D eigenvalue weighted by molar-refractivity contribution is 6.31. The smallest absolute Gasteiger partial charge is 0.269 e. The zero-order valence-electron chi connectivity index (χ0n) is 12.0. The lowest BCUT2D eigenvalue weighted by atomic mass is 9.86. The van der Waals surface area contributed by atoms with Crippen LogP contribution in [0.25, 0.3) is 0 Å². The molecule has 20 heavy (non-hydrogen) atoms. The van der Waals surface area contributed by atoms with Crippen molar-refractivity contribution >= 4 is 17.3 Å². The van der Waals surface area contributed by atoms with Gasteiger partial charge in [-0.25, -0.2) is 0 Å². The topological polar surface area (TPSA) is 46.4 Å². The number of hydrogen-bond acceptors (Lipinski definition) is 3. The molecule has 0 aliphatic heterocycles. The number of halogens is 1. The van der Waals surface area contributed by atoms with Crippen LogP contribution in [0.15, 0.2) is 18.2 Å². The summed E-state index contributed by atoms with van der Waals surface area (Å²) >= 11 is 6.16. The Bertz CT molecular complexity index is 493. The van der Waals surface area contributed by atoms with Crippen molar-refractivity contribution in [1.82, 2.24) is 4.90 Å². The molecule has 0 bridgehead atoms. The second-order valence-corrected chi connectivity index (χ2v) is 6.28. The molecule has 0 aromatic heterocycles. The van der Waals surface area contributed by atoms with Crippen LogP contribution in [-0.4, -0.2) is 22.9 Å². The van der Waals surface area contributed by atoms with Crippen molar-refractivity contribution in [3.05, 3.63) is 38.9 Å². The molecule has 0 radical (unpaired) electrons. The minimum absolute atomic E-state index is 0.106. The molecular weight excluding hydrogens is 276 g/mol. The average Bonchev–Trinajstić information content (AvgIpc) is 2.41. The molecular formula is C15H21ClN2O2. The summed E-state index contributed by atoms with van der Waals surface area (Å²) in [4.78, 5) is 12.7. The Morgan fingerprint density at radius 3 is 2.85 bits per heavy atom. The maximum Gasteiger partial charge on any atom is 0.269 e. The summed E-state index contributed by atoms with van der Waals surface area (Å²) in [7, 11) is 2.08. The second kappa shape index (κ2) is 6.55. The van der Waals surface area contributed by atoms with Gasteiger partial charge in [0, 0.05) is 29.7 Å². The molecule has 0 N–H and O–H groups in total. The molecule has 2 atom stereocenters. The Morgan fingerprint density at radius 2 is 2.20 bits per heavy atom. The number of nitro groups is 1. The number of non-ortho nitro benzene ring substituents is 1. The quantitative estimate of drug-likeness (QED) is 0.616. The minimum atomic E-state index is -0.373. The normalized spacial score (nSPS) is 23.0. The van der Waals surface area contributed by atoms with Crippen LogP contribution in [0.4, 0.5) is 5.69 Å². The van der Waals surface area contributed by atoms with E-state index in [4.69, 9.17) is 11.6 Å². The first-order chi connectivity index (χ1) is 9.47. The van der Waals surface area contributed by atoms with E-state index in [9.17, 15) is 10.1 Å².